The predicted molar refractivity (Wildman–Crippen MR) is 103 cm³/mol. The van der Waals surface area contributed by atoms with Gasteiger partial charge in [-0.2, -0.15) is 0 Å². The van der Waals surface area contributed by atoms with Crippen LogP contribution in [0.1, 0.15) is 29.5 Å². The molecule has 1 aliphatic heterocycles. The molecule has 0 radical (unpaired) electrons. The number of hydrogen-bond acceptors (Lipinski definition) is 3. The van der Waals surface area contributed by atoms with Crippen LogP contribution in [0.3, 0.4) is 0 Å². The maximum Gasteiger partial charge on any atom is 0.231 e. The molecule has 5 nitrogen and oxygen atoms in total. The lowest BCUT2D eigenvalue weighted by Crippen LogP contribution is -2.41. The van der Waals surface area contributed by atoms with E-state index in [1.54, 1.807) is 0 Å². The molecular weight excluding hydrogens is 326 g/mol. The maximum absolute atomic E-state index is 5.44. The fourth-order valence-electron chi connectivity index (χ4n) is 3.57. The average molecular weight is 351 g/mol. The standard InChI is InChI=1S/C21H25N3O2/c1-15-5-3-4-6-17(15)21(9-10-21)13-24-20(22-2)23-12-16-7-8-18-19(11-16)26-14-25-18/h3-8,11H,9-10,12-14H2,1-2H3,(H2,22,23,24). The summed E-state index contributed by atoms with van der Waals surface area (Å²) in [5.41, 5.74) is 4.22. The molecule has 2 aromatic carbocycles. The fourth-order valence-corrected chi connectivity index (χ4v) is 3.57. The van der Waals surface area contributed by atoms with Crippen molar-refractivity contribution in [2.45, 2.75) is 31.7 Å². The molecule has 4 rings (SSSR count). The van der Waals surface area contributed by atoms with E-state index in [0.29, 0.717) is 13.3 Å². The highest BCUT2D eigenvalue weighted by molar-refractivity contribution is 5.79. The van der Waals surface area contributed by atoms with Crippen molar-refractivity contribution in [2.24, 2.45) is 4.99 Å². The van der Waals surface area contributed by atoms with Crippen molar-refractivity contribution in [3.8, 4) is 11.5 Å². The molecule has 1 saturated carbocycles. The van der Waals surface area contributed by atoms with Crippen LogP contribution in [0.25, 0.3) is 0 Å². The zero-order valence-electron chi connectivity index (χ0n) is 15.3. The number of nitrogens with one attached hydrogen (secondary N) is 2. The lowest BCUT2D eigenvalue weighted by atomic mass is 9.92. The van der Waals surface area contributed by atoms with Crippen molar-refractivity contribution >= 4 is 5.96 Å². The van der Waals surface area contributed by atoms with Crippen LogP contribution in [0.4, 0.5) is 0 Å². The van der Waals surface area contributed by atoms with Gasteiger partial charge in [0, 0.05) is 25.6 Å². The van der Waals surface area contributed by atoms with Crippen molar-refractivity contribution in [1.82, 2.24) is 10.6 Å². The topological polar surface area (TPSA) is 54.9 Å². The summed E-state index contributed by atoms with van der Waals surface area (Å²) in [4.78, 5) is 4.36. The van der Waals surface area contributed by atoms with Gasteiger partial charge in [-0.05, 0) is 48.6 Å². The van der Waals surface area contributed by atoms with Crippen LogP contribution in [0, 0.1) is 6.92 Å². The van der Waals surface area contributed by atoms with Crippen molar-refractivity contribution in [3.63, 3.8) is 0 Å². The number of hydrogen-bond donors (Lipinski definition) is 2. The fraction of sp³-hybridized carbons (Fsp3) is 0.381. The Morgan fingerprint density at radius 3 is 2.65 bits per heavy atom. The van der Waals surface area contributed by atoms with E-state index < -0.39 is 0 Å². The molecule has 2 aromatic rings. The molecule has 136 valence electrons. The Morgan fingerprint density at radius 1 is 1.08 bits per heavy atom. The van der Waals surface area contributed by atoms with E-state index in [2.05, 4.69) is 46.8 Å². The Bertz CT molecular complexity index is 828. The first-order chi connectivity index (χ1) is 12.7. The van der Waals surface area contributed by atoms with Crippen molar-refractivity contribution in [1.29, 1.82) is 0 Å². The van der Waals surface area contributed by atoms with Crippen LogP contribution in [-0.4, -0.2) is 26.3 Å². The van der Waals surface area contributed by atoms with Crippen LogP contribution in [0.2, 0.25) is 0 Å². The average Bonchev–Trinajstić information content (AvgIpc) is 3.30. The number of aryl methyl sites for hydroxylation is 1. The van der Waals surface area contributed by atoms with Crippen molar-refractivity contribution in [2.75, 3.05) is 20.4 Å². The monoisotopic (exact) mass is 351 g/mol. The van der Waals surface area contributed by atoms with Gasteiger partial charge in [0.05, 0.1) is 0 Å². The van der Waals surface area contributed by atoms with E-state index in [9.17, 15) is 0 Å². The summed E-state index contributed by atoms with van der Waals surface area (Å²) in [6, 6.07) is 14.7. The van der Waals surface area contributed by atoms with Crippen LogP contribution in [0.15, 0.2) is 47.5 Å². The first kappa shape index (κ1) is 16.8. The summed E-state index contributed by atoms with van der Waals surface area (Å²) < 4.78 is 10.8. The Kier molecular flexibility index (Phi) is 4.45. The van der Waals surface area contributed by atoms with Gasteiger partial charge in [-0.3, -0.25) is 4.99 Å². The number of ether oxygens (including phenoxy) is 2. The Labute approximate surface area is 154 Å². The van der Waals surface area contributed by atoms with E-state index >= 15 is 0 Å². The molecular formula is C21H25N3O2. The molecule has 1 aliphatic carbocycles. The number of benzene rings is 2. The lowest BCUT2D eigenvalue weighted by Gasteiger charge is -2.20. The van der Waals surface area contributed by atoms with Crippen molar-refractivity contribution in [3.05, 3.63) is 59.2 Å². The van der Waals surface area contributed by atoms with Gasteiger partial charge in [-0.25, -0.2) is 0 Å². The van der Waals surface area contributed by atoms with Crippen LogP contribution in [0.5, 0.6) is 11.5 Å². The highest BCUT2D eigenvalue weighted by Gasteiger charge is 2.44. The second-order valence-electron chi connectivity index (χ2n) is 7.06. The minimum Gasteiger partial charge on any atom is -0.454 e. The lowest BCUT2D eigenvalue weighted by molar-refractivity contribution is 0.174. The zero-order valence-corrected chi connectivity index (χ0v) is 15.3. The maximum atomic E-state index is 5.44. The number of nitrogens with zero attached hydrogens (tertiary/aromatic N) is 1. The molecule has 0 saturated heterocycles. The van der Waals surface area contributed by atoms with Crippen molar-refractivity contribution < 1.29 is 9.47 Å². The molecule has 0 aromatic heterocycles. The third kappa shape index (κ3) is 3.34. The van der Waals surface area contributed by atoms with Gasteiger partial charge in [0.1, 0.15) is 0 Å². The molecule has 26 heavy (non-hydrogen) atoms. The molecule has 1 fully saturated rings. The second-order valence-corrected chi connectivity index (χ2v) is 7.06. The number of aliphatic imine (C=N–C) groups is 1. The molecule has 0 amide bonds. The Morgan fingerprint density at radius 2 is 1.88 bits per heavy atom. The van der Waals surface area contributed by atoms with E-state index in [1.165, 1.54) is 24.0 Å². The molecule has 5 heteroatoms. The SMILES string of the molecule is CN=C(NCc1ccc2c(c1)OCO2)NCC1(c2ccccc2C)CC1. The van der Waals surface area contributed by atoms with Gasteiger partial charge >= 0.3 is 0 Å². The van der Waals surface area contributed by atoms with Gasteiger partial charge in [0.25, 0.3) is 0 Å². The summed E-state index contributed by atoms with van der Waals surface area (Å²) in [5.74, 6) is 2.44. The normalized spacial score (nSPS) is 17.1. The van der Waals surface area contributed by atoms with E-state index in [0.717, 1.165) is 29.6 Å². The molecule has 0 atom stereocenters. The Balaban J connectivity index is 1.35. The van der Waals surface area contributed by atoms with Crippen LogP contribution in [-0.2, 0) is 12.0 Å². The summed E-state index contributed by atoms with van der Waals surface area (Å²) in [6.07, 6.45) is 2.45. The summed E-state index contributed by atoms with van der Waals surface area (Å²) in [6.45, 7) is 4.09. The molecule has 1 heterocycles. The molecule has 0 spiro atoms. The highest BCUT2D eigenvalue weighted by Crippen LogP contribution is 2.48. The van der Waals surface area contributed by atoms with Gasteiger partial charge in [0.2, 0.25) is 6.79 Å². The van der Waals surface area contributed by atoms with Gasteiger partial charge < -0.3 is 20.1 Å². The van der Waals surface area contributed by atoms with Gasteiger partial charge in [-0.15, -0.1) is 0 Å². The van der Waals surface area contributed by atoms with Gasteiger partial charge in [-0.1, -0.05) is 30.3 Å². The number of fused-ring (bicyclic) bond motifs is 1. The summed E-state index contributed by atoms with van der Waals surface area (Å²) in [5, 5.41) is 6.89. The minimum absolute atomic E-state index is 0.252. The van der Waals surface area contributed by atoms with Gasteiger partial charge in [0.15, 0.2) is 17.5 Å². The summed E-state index contributed by atoms with van der Waals surface area (Å²) in [7, 11) is 1.81. The minimum atomic E-state index is 0.252. The predicted octanol–water partition coefficient (Wildman–Crippen LogP) is 3.12. The molecule has 0 bridgehead atoms. The van der Waals surface area contributed by atoms with Crippen LogP contribution < -0.4 is 20.1 Å². The van der Waals surface area contributed by atoms with E-state index in [1.807, 2.05) is 25.2 Å². The van der Waals surface area contributed by atoms with Crippen LogP contribution >= 0.6 is 0 Å². The smallest absolute Gasteiger partial charge is 0.231 e. The quantitative estimate of drug-likeness (QED) is 0.642. The third-order valence-corrected chi connectivity index (χ3v) is 5.28. The first-order valence-electron chi connectivity index (χ1n) is 9.09. The number of rotatable bonds is 5. The zero-order chi connectivity index (χ0) is 18.0. The highest BCUT2D eigenvalue weighted by atomic mass is 16.7. The number of guanidine groups is 1. The second kappa shape index (κ2) is 6.90. The molecule has 0 unspecified atom stereocenters. The first-order valence-corrected chi connectivity index (χ1v) is 9.09. The molecule has 2 N–H and O–H groups in total. The largest absolute Gasteiger partial charge is 0.454 e. The molecule has 2 aliphatic rings. The van der Waals surface area contributed by atoms with E-state index in [4.69, 9.17) is 9.47 Å². The third-order valence-electron chi connectivity index (χ3n) is 5.28. The van der Waals surface area contributed by atoms with E-state index in [-0.39, 0.29) is 5.41 Å². The Hall–Kier alpha value is -2.69. The summed E-state index contributed by atoms with van der Waals surface area (Å²) >= 11 is 0.